The molecule has 1 aliphatic carbocycles. The molecule has 0 heterocycles. The molecule has 24 heavy (non-hydrogen) atoms. The summed E-state index contributed by atoms with van der Waals surface area (Å²) in [4.78, 5) is 1.22. The molecule has 0 saturated carbocycles. The molecule has 1 heteroatoms. The summed E-state index contributed by atoms with van der Waals surface area (Å²) in [5.41, 5.74) is 8.07. The second kappa shape index (κ2) is 12.5. The highest BCUT2D eigenvalue weighted by Gasteiger charge is 2.13. The summed E-state index contributed by atoms with van der Waals surface area (Å²) in [5, 5.41) is 0. The molecule has 1 unspecified atom stereocenters. The molecule has 134 valence electrons. The fourth-order valence-electron chi connectivity index (χ4n) is 3.48. The van der Waals surface area contributed by atoms with Gasteiger partial charge in [-0.25, -0.2) is 0 Å². The van der Waals surface area contributed by atoms with Crippen LogP contribution < -0.4 is 0 Å². The van der Waals surface area contributed by atoms with E-state index in [1.54, 1.807) is 16.7 Å². The molecule has 0 spiro atoms. The van der Waals surface area contributed by atoms with Crippen molar-refractivity contribution in [3.05, 3.63) is 40.7 Å². The smallest absolute Gasteiger partial charge is 0.0000573 e. The van der Waals surface area contributed by atoms with Crippen LogP contribution >= 0.6 is 12.2 Å². The third kappa shape index (κ3) is 8.27. The van der Waals surface area contributed by atoms with Gasteiger partial charge in [0.15, 0.2) is 0 Å². The van der Waals surface area contributed by atoms with E-state index in [9.17, 15) is 0 Å². The first kappa shape index (κ1) is 21.1. The molecule has 0 fully saturated rings. The molecule has 0 amide bonds. The zero-order valence-electron chi connectivity index (χ0n) is 16.3. The Morgan fingerprint density at radius 3 is 2.54 bits per heavy atom. The molecule has 0 aromatic rings. The maximum atomic E-state index is 5.58. The van der Waals surface area contributed by atoms with Crippen LogP contribution in [0.15, 0.2) is 40.7 Å². The lowest BCUT2D eigenvalue weighted by atomic mass is 9.86. The van der Waals surface area contributed by atoms with Crippen LogP contribution in [0.3, 0.4) is 0 Å². The maximum Gasteiger partial charge on any atom is -0.0000573 e. The van der Waals surface area contributed by atoms with Gasteiger partial charge in [-0.05, 0) is 67.9 Å². The predicted octanol–water partition coefficient (Wildman–Crippen LogP) is 7.90. The minimum Gasteiger partial charge on any atom is -0.125 e. The van der Waals surface area contributed by atoms with E-state index in [4.69, 9.17) is 12.2 Å². The Morgan fingerprint density at radius 1 is 1.17 bits per heavy atom. The van der Waals surface area contributed by atoms with Crippen LogP contribution in [-0.2, 0) is 0 Å². The van der Waals surface area contributed by atoms with Gasteiger partial charge in [-0.1, -0.05) is 82.0 Å². The molecule has 0 saturated heterocycles. The lowest BCUT2D eigenvalue weighted by Gasteiger charge is -2.20. The van der Waals surface area contributed by atoms with Gasteiger partial charge in [-0.15, -0.1) is 5.73 Å². The Balaban J connectivity index is 2.89. The van der Waals surface area contributed by atoms with Crippen LogP contribution in [0.2, 0.25) is 0 Å². The van der Waals surface area contributed by atoms with E-state index in [2.05, 4.69) is 51.7 Å². The maximum absolute atomic E-state index is 5.58. The molecule has 0 aromatic carbocycles. The average molecular weight is 345 g/mol. The zero-order chi connectivity index (χ0) is 17.8. The van der Waals surface area contributed by atoms with E-state index >= 15 is 0 Å². The van der Waals surface area contributed by atoms with Gasteiger partial charge in [0, 0.05) is 0 Å². The monoisotopic (exact) mass is 344 g/mol. The quantitative estimate of drug-likeness (QED) is 0.197. The Hall–Kier alpha value is -0.910. The number of rotatable bonds is 12. The fraction of sp³-hybridized carbons (Fsp3) is 0.652. The standard InChI is InChI=1S/C23H36S/c1-5-11-19(4)17-22(16-15-20-13-9-8-10-14-20)21(12-6-2)18-23(24)7-3/h9-10,13,19H,5-7,11-12,14-18H2,1-4H3/b22-21-. The topological polar surface area (TPSA) is 0 Å². The van der Waals surface area contributed by atoms with Crippen LogP contribution in [0.1, 0.15) is 91.9 Å². The minimum absolute atomic E-state index is 0.784. The fourth-order valence-corrected chi connectivity index (χ4v) is 3.66. The predicted molar refractivity (Wildman–Crippen MR) is 113 cm³/mol. The Morgan fingerprint density at radius 2 is 1.96 bits per heavy atom. The van der Waals surface area contributed by atoms with Gasteiger partial charge in [0.2, 0.25) is 0 Å². The van der Waals surface area contributed by atoms with Crippen molar-refractivity contribution in [3.63, 3.8) is 0 Å². The van der Waals surface area contributed by atoms with Gasteiger partial charge in [0.05, 0.1) is 0 Å². The van der Waals surface area contributed by atoms with Gasteiger partial charge in [0.1, 0.15) is 0 Å². The molecule has 1 aliphatic rings. The molecular formula is C23H36S. The van der Waals surface area contributed by atoms with Gasteiger partial charge in [-0.2, -0.15) is 0 Å². The Labute approximate surface area is 155 Å². The number of thiocarbonyl (C=S) groups is 1. The van der Waals surface area contributed by atoms with Crippen molar-refractivity contribution < 1.29 is 0 Å². The summed E-state index contributed by atoms with van der Waals surface area (Å²) >= 11 is 5.58. The van der Waals surface area contributed by atoms with Gasteiger partial charge in [-0.3, -0.25) is 0 Å². The van der Waals surface area contributed by atoms with E-state index in [0.717, 1.165) is 25.2 Å². The van der Waals surface area contributed by atoms with Crippen molar-refractivity contribution >= 4 is 17.1 Å². The summed E-state index contributed by atoms with van der Waals surface area (Å²) in [6.45, 7) is 9.19. The number of allylic oxidation sites excluding steroid dienone is 5. The number of hydrogen-bond donors (Lipinski definition) is 0. The van der Waals surface area contributed by atoms with Crippen LogP contribution in [0.5, 0.6) is 0 Å². The molecule has 0 bridgehead atoms. The highest BCUT2D eigenvalue weighted by molar-refractivity contribution is 7.80. The van der Waals surface area contributed by atoms with Crippen LogP contribution in [-0.4, -0.2) is 4.86 Å². The van der Waals surface area contributed by atoms with E-state index in [-0.39, 0.29) is 0 Å². The number of hydrogen-bond acceptors (Lipinski definition) is 1. The highest BCUT2D eigenvalue weighted by Crippen LogP contribution is 2.30. The van der Waals surface area contributed by atoms with Crippen LogP contribution in [0.25, 0.3) is 0 Å². The lowest BCUT2D eigenvalue weighted by molar-refractivity contribution is 0.508. The third-order valence-corrected chi connectivity index (χ3v) is 5.31. The summed E-state index contributed by atoms with van der Waals surface area (Å²) in [6.07, 6.45) is 18.3. The van der Waals surface area contributed by atoms with Crippen molar-refractivity contribution in [2.45, 2.75) is 91.9 Å². The molecule has 0 aromatic heterocycles. The van der Waals surface area contributed by atoms with Crippen LogP contribution in [0, 0.1) is 5.92 Å². The highest BCUT2D eigenvalue weighted by atomic mass is 32.1. The van der Waals surface area contributed by atoms with E-state index < -0.39 is 0 Å². The minimum atomic E-state index is 0.784. The summed E-state index contributed by atoms with van der Waals surface area (Å²) in [6, 6.07) is 0. The SMILES string of the molecule is CCC/C(CC(=S)CC)=C(\CCC1=CC=C=CC1)CC(C)CCC. The van der Waals surface area contributed by atoms with E-state index in [0.29, 0.717) is 0 Å². The molecule has 0 nitrogen and oxygen atoms in total. The molecule has 0 radical (unpaired) electrons. The molecule has 1 atom stereocenters. The Kier molecular flexibility index (Phi) is 11.0. The third-order valence-electron chi connectivity index (χ3n) is 4.88. The summed E-state index contributed by atoms with van der Waals surface area (Å²) in [5.74, 6) is 0.784. The van der Waals surface area contributed by atoms with Crippen molar-refractivity contribution in [1.82, 2.24) is 0 Å². The van der Waals surface area contributed by atoms with Gasteiger partial charge < -0.3 is 0 Å². The summed E-state index contributed by atoms with van der Waals surface area (Å²) < 4.78 is 0. The molecule has 0 N–H and O–H groups in total. The largest absolute Gasteiger partial charge is 0.125 e. The van der Waals surface area contributed by atoms with Crippen molar-refractivity contribution in [3.8, 4) is 0 Å². The van der Waals surface area contributed by atoms with Crippen LogP contribution in [0.4, 0.5) is 0 Å². The zero-order valence-corrected chi connectivity index (χ0v) is 17.1. The molecule has 1 rings (SSSR count). The van der Waals surface area contributed by atoms with Crippen molar-refractivity contribution in [2.24, 2.45) is 5.92 Å². The molecule has 0 aliphatic heterocycles. The van der Waals surface area contributed by atoms with Gasteiger partial charge in [0.25, 0.3) is 0 Å². The second-order valence-electron chi connectivity index (χ2n) is 7.19. The van der Waals surface area contributed by atoms with Crippen molar-refractivity contribution in [1.29, 1.82) is 0 Å². The second-order valence-corrected chi connectivity index (χ2v) is 7.77. The average Bonchev–Trinajstić information content (AvgIpc) is 2.59. The summed E-state index contributed by atoms with van der Waals surface area (Å²) in [7, 11) is 0. The first-order valence-electron chi connectivity index (χ1n) is 9.91. The van der Waals surface area contributed by atoms with E-state index in [1.807, 2.05) is 0 Å². The molecular weight excluding hydrogens is 308 g/mol. The lowest BCUT2D eigenvalue weighted by Crippen LogP contribution is -2.05. The normalized spacial score (nSPS) is 15.9. The Bertz CT molecular complexity index is 512. The van der Waals surface area contributed by atoms with E-state index in [1.165, 1.54) is 49.8 Å². The van der Waals surface area contributed by atoms with Crippen molar-refractivity contribution in [2.75, 3.05) is 0 Å². The first-order chi connectivity index (χ1) is 11.6. The first-order valence-corrected chi connectivity index (χ1v) is 10.3. The van der Waals surface area contributed by atoms with Gasteiger partial charge >= 0.3 is 0 Å².